The van der Waals surface area contributed by atoms with Crippen LogP contribution in [0.25, 0.3) is 0 Å². The second-order valence-electron chi connectivity index (χ2n) is 3.77. The first-order chi connectivity index (χ1) is 8.27. The lowest BCUT2D eigenvalue weighted by atomic mass is 10.2. The first-order valence-corrected chi connectivity index (χ1v) is 5.40. The van der Waals surface area contributed by atoms with Crippen LogP contribution in [0, 0.1) is 13.8 Å². The average Bonchev–Trinajstić information content (AvgIpc) is 2.34. The Balaban J connectivity index is 1.93. The van der Waals surface area contributed by atoms with Crippen molar-refractivity contribution in [1.29, 1.82) is 0 Å². The fourth-order valence-corrected chi connectivity index (χ4v) is 1.39. The van der Waals surface area contributed by atoms with E-state index in [-0.39, 0.29) is 0 Å². The quantitative estimate of drug-likeness (QED) is 0.593. The molecule has 0 bridgehead atoms. The highest BCUT2D eigenvalue weighted by Gasteiger charge is 2.02. The van der Waals surface area contributed by atoms with Crippen molar-refractivity contribution in [2.45, 2.75) is 13.8 Å². The second kappa shape index (κ2) is 5.37. The predicted octanol–water partition coefficient (Wildman–Crippen LogP) is 3.61. The molecule has 0 fully saturated rings. The Bertz CT molecular complexity index is 449. The standard InChI is InChI=1S/C14H14O3/c1-11-7-3-5-9-13(11)15-17-16-14-10-6-4-8-12(14)2/h3-10H,1-2H3. The monoisotopic (exact) mass is 230 g/mol. The van der Waals surface area contributed by atoms with Crippen LogP contribution in [-0.4, -0.2) is 0 Å². The predicted molar refractivity (Wildman–Crippen MR) is 64.7 cm³/mol. The van der Waals surface area contributed by atoms with Gasteiger partial charge in [-0.3, -0.25) is 9.78 Å². The molecule has 88 valence electrons. The summed E-state index contributed by atoms with van der Waals surface area (Å²) < 4.78 is 0. The van der Waals surface area contributed by atoms with Gasteiger partial charge < -0.3 is 0 Å². The Morgan fingerprint density at radius 2 is 1.06 bits per heavy atom. The highest BCUT2D eigenvalue weighted by molar-refractivity contribution is 5.32. The number of benzene rings is 2. The largest absolute Gasteiger partial charge is 0.299 e. The topological polar surface area (TPSA) is 27.7 Å². The van der Waals surface area contributed by atoms with Gasteiger partial charge in [-0.1, -0.05) is 36.4 Å². The highest BCUT2D eigenvalue weighted by atomic mass is 17.5. The van der Waals surface area contributed by atoms with Crippen LogP contribution < -0.4 is 9.78 Å². The minimum absolute atomic E-state index is 0.640. The molecule has 0 unspecified atom stereocenters. The molecule has 0 amide bonds. The average molecular weight is 230 g/mol. The molecule has 2 rings (SSSR count). The van der Waals surface area contributed by atoms with Crippen molar-refractivity contribution in [3.8, 4) is 11.5 Å². The maximum absolute atomic E-state index is 5.07. The van der Waals surface area contributed by atoms with Crippen LogP contribution in [0.2, 0.25) is 0 Å². The molecular weight excluding hydrogens is 216 g/mol. The van der Waals surface area contributed by atoms with Gasteiger partial charge in [0, 0.05) is 5.04 Å². The first kappa shape index (κ1) is 11.5. The zero-order valence-electron chi connectivity index (χ0n) is 9.84. The van der Waals surface area contributed by atoms with Gasteiger partial charge in [0.25, 0.3) is 0 Å². The van der Waals surface area contributed by atoms with Crippen molar-refractivity contribution in [3.63, 3.8) is 0 Å². The molecule has 17 heavy (non-hydrogen) atoms. The Kier molecular flexibility index (Phi) is 3.62. The van der Waals surface area contributed by atoms with E-state index in [2.05, 4.69) is 0 Å². The second-order valence-corrected chi connectivity index (χ2v) is 3.77. The van der Waals surface area contributed by atoms with Gasteiger partial charge in [-0.25, -0.2) is 0 Å². The molecule has 0 heterocycles. The minimum Gasteiger partial charge on any atom is -0.299 e. The van der Waals surface area contributed by atoms with Crippen LogP contribution in [0.1, 0.15) is 11.1 Å². The fraction of sp³-hybridized carbons (Fsp3) is 0.143. The molecule has 0 aliphatic rings. The van der Waals surface area contributed by atoms with Gasteiger partial charge >= 0.3 is 0 Å². The number of para-hydroxylation sites is 2. The van der Waals surface area contributed by atoms with Gasteiger partial charge in [0.15, 0.2) is 11.5 Å². The number of aryl methyl sites for hydroxylation is 2. The third kappa shape index (κ3) is 2.98. The smallest absolute Gasteiger partial charge is 0.172 e. The third-order valence-electron chi connectivity index (χ3n) is 2.43. The zero-order chi connectivity index (χ0) is 12.1. The Hall–Kier alpha value is -2.00. The zero-order valence-corrected chi connectivity index (χ0v) is 9.84. The van der Waals surface area contributed by atoms with E-state index in [1.165, 1.54) is 0 Å². The lowest BCUT2D eigenvalue weighted by Crippen LogP contribution is -2.03. The van der Waals surface area contributed by atoms with Crippen LogP contribution in [0.5, 0.6) is 11.5 Å². The molecule has 0 aromatic heterocycles. The summed E-state index contributed by atoms with van der Waals surface area (Å²) in [5.41, 5.74) is 1.97. The molecule has 0 atom stereocenters. The summed E-state index contributed by atoms with van der Waals surface area (Å²) in [5.74, 6) is 1.28. The summed E-state index contributed by atoms with van der Waals surface area (Å²) in [4.78, 5) is 10.1. The van der Waals surface area contributed by atoms with E-state index in [4.69, 9.17) is 14.8 Å². The van der Waals surface area contributed by atoms with E-state index in [1.807, 2.05) is 62.4 Å². The SMILES string of the molecule is Cc1ccccc1OOOc1ccccc1C. The first-order valence-electron chi connectivity index (χ1n) is 5.40. The van der Waals surface area contributed by atoms with Gasteiger partial charge in [0.1, 0.15) is 0 Å². The number of hydrogen-bond donors (Lipinski definition) is 0. The summed E-state index contributed by atoms with van der Waals surface area (Å²) in [7, 11) is 0. The number of hydrogen-bond acceptors (Lipinski definition) is 3. The third-order valence-corrected chi connectivity index (χ3v) is 2.43. The maximum atomic E-state index is 5.07. The van der Waals surface area contributed by atoms with Crippen molar-refractivity contribution < 1.29 is 14.8 Å². The van der Waals surface area contributed by atoms with Crippen LogP contribution in [-0.2, 0) is 5.04 Å². The summed E-state index contributed by atoms with van der Waals surface area (Å²) in [5, 5.41) is 4.77. The highest BCUT2D eigenvalue weighted by Crippen LogP contribution is 2.19. The molecule has 0 aliphatic carbocycles. The summed E-state index contributed by atoms with van der Waals surface area (Å²) in [6.45, 7) is 3.87. The summed E-state index contributed by atoms with van der Waals surface area (Å²) in [6, 6.07) is 15.1. The molecule has 3 nitrogen and oxygen atoms in total. The molecule has 2 aromatic carbocycles. The van der Waals surface area contributed by atoms with Crippen molar-refractivity contribution >= 4 is 0 Å². The van der Waals surface area contributed by atoms with E-state index in [9.17, 15) is 0 Å². The van der Waals surface area contributed by atoms with Crippen molar-refractivity contribution in [1.82, 2.24) is 0 Å². The molecule has 2 aromatic rings. The Morgan fingerprint density at radius 1 is 0.647 bits per heavy atom. The van der Waals surface area contributed by atoms with Gasteiger partial charge in [0.05, 0.1) is 0 Å². The molecule has 0 aliphatic heterocycles. The van der Waals surface area contributed by atoms with Gasteiger partial charge in [-0.05, 0) is 37.1 Å². The molecule has 0 spiro atoms. The maximum Gasteiger partial charge on any atom is 0.172 e. The minimum atomic E-state index is 0.640. The van der Waals surface area contributed by atoms with Gasteiger partial charge in [-0.2, -0.15) is 0 Å². The van der Waals surface area contributed by atoms with Crippen molar-refractivity contribution in [3.05, 3.63) is 59.7 Å². The molecule has 0 saturated heterocycles. The van der Waals surface area contributed by atoms with E-state index in [0.717, 1.165) is 11.1 Å². The van der Waals surface area contributed by atoms with E-state index in [0.29, 0.717) is 11.5 Å². The van der Waals surface area contributed by atoms with E-state index < -0.39 is 0 Å². The van der Waals surface area contributed by atoms with Crippen LogP contribution in [0.15, 0.2) is 48.5 Å². The van der Waals surface area contributed by atoms with Gasteiger partial charge in [0.2, 0.25) is 0 Å². The lowest BCUT2D eigenvalue weighted by molar-refractivity contribution is -0.411. The Morgan fingerprint density at radius 3 is 1.47 bits per heavy atom. The van der Waals surface area contributed by atoms with E-state index >= 15 is 0 Å². The normalized spacial score (nSPS) is 10.0. The molecule has 0 radical (unpaired) electrons. The number of rotatable bonds is 4. The molecule has 0 saturated carbocycles. The fourth-order valence-electron chi connectivity index (χ4n) is 1.39. The molecule has 3 heteroatoms. The van der Waals surface area contributed by atoms with Crippen molar-refractivity contribution in [2.24, 2.45) is 0 Å². The van der Waals surface area contributed by atoms with Crippen molar-refractivity contribution in [2.75, 3.05) is 0 Å². The Labute approximate surface area is 100 Å². The molecular formula is C14H14O3. The summed E-state index contributed by atoms with van der Waals surface area (Å²) in [6.07, 6.45) is 0. The molecule has 0 N–H and O–H groups in total. The summed E-state index contributed by atoms with van der Waals surface area (Å²) >= 11 is 0. The van der Waals surface area contributed by atoms with Crippen LogP contribution in [0.3, 0.4) is 0 Å². The van der Waals surface area contributed by atoms with E-state index in [1.54, 1.807) is 0 Å². The lowest BCUT2D eigenvalue weighted by Gasteiger charge is -2.07. The van der Waals surface area contributed by atoms with Crippen LogP contribution in [0.4, 0.5) is 0 Å². The van der Waals surface area contributed by atoms with Crippen LogP contribution >= 0.6 is 0 Å². The van der Waals surface area contributed by atoms with Gasteiger partial charge in [-0.15, -0.1) is 0 Å².